The van der Waals surface area contributed by atoms with Crippen LogP contribution in [0.1, 0.15) is 46.0 Å². The van der Waals surface area contributed by atoms with Gasteiger partial charge in [0.15, 0.2) is 0 Å². The normalized spacial score (nSPS) is 35.0. The van der Waals surface area contributed by atoms with Crippen molar-refractivity contribution in [3.63, 3.8) is 0 Å². The molecule has 1 saturated heterocycles. The van der Waals surface area contributed by atoms with Gasteiger partial charge in [0.2, 0.25) is 0 Å². The van der Waals surface area contributed by atoms with Crippen LogP contribution in [-0.4, -0.2) is 43.3 Å². The maximum absolute atomic E-state index is 5.99. The molecule has 1 aliphatic carbocycles. The van der Waals surface area contributed by atoms with E-state index in [-0.39, 0.29) is 0 Å². The van der Waals surface area contributed by atoms with Gasteiger partial charge in [0, 0.05) is 18.7 Å². The number of nitrogens with zero attached hydrogens (tertiary/aromatic N) is 1. The summed E-state index contributed by atoms with van der Waals surface area (Å²) in [6, 6.07) is 1.36. The Morgan fingerprint density at radius 3 is 2.67 bits per heavy atom. The fourth-order valence-corrected chi connectivity index (χ4v) is 3.93. The lowest BCUT2D eigenvalue weighted by atomic mass is 9.82. The van der Waals surface area contributed by atoms with Gasteiger partial charge in [-0.05, 0) is 51.1 Å². The van der Waals surface area contributed by atoms with Crippen LogP contribution in [0, 0.1) is 11.8 Å². The Hall–Kier alpha value is -0.120. The minimum absolute atomic E-state index is 0.648. The average molecular weight is 254 g/mol. The molecule has 2 N–H and O–H groups in total. The van der Waals surface area contributed by atoms with Crippen molar-refractivity contribution < 1.29 is 4.74 Å². The highest BCUT2D eigenvalue weighted by molar-refractivity contribution is 4.88. The predicted molar refractivity (Wildman–Crippen MR) is 75.6 cm³/mol. The Morgan fingerprint density at radius 2 is 2.06 bits per heavy atom. The fourth-order valence-electron chi connectivity index (χ4n) is 3.93. The van der Waals surface area contributed by atoms with Crippen LogP contribution in [0.25, 0.3) is 0 Å². The third-order valence-electron chi connectivity index (χ3n) is 5.13. The summed E-state index contributed by atoms with van der Waals surface area (Å²) in [5, 5.41) is 0. The highest BCUT2D eigenvalue weighted by Crippen LogP contribution is 2.31. The van der Waals surface area contributed by atoms with E-state index >= 15 is 0 Å². The molecule has 2 rings (SSSR count). The third-order valence-corrected chi connectivity index (χ3v) is 5.13. The zero-order valence-corrected chi connectivity index (χ0v) is 12.1. The topological polar surface area (TPSA) is 38.5 Å². The minimum atomic E-state index is 0.648. The molecular weight excluding hydrogens is 224 g/mol. The molecule has 0 bridgehead atoms. The maximum Gasteiger partial charge on any atom is 0.0509 e. The second kappa shape index (κ2) is 6.88. The van der Waals surface area contributed by atoms with Crippen molar-refractivity contribution in [2.75, 3.05) is 26.3 Å². The highest BCUT2D eigenvalue weighted by Gasteiger charge is 2.34. The summed E-state index contributed by atoms with van der Waals surface area (Å²) in [7, 11) is 0. The molecular formula is C15H30N2O. The number of hydrogen-bond acceptors (Lipinski definition) is 3. The number of ether oxygens (including phenoxy) is 1. The van der Waals surface area contributed by atoms with E-state index in [0.29, 0.717) is 18.0 Å². The molecule has 1 saturated carbocycles. The van der Waals surface area contributed by atoms with E-state index in [1.54, 1.807) is 0 Å². The number of rotatable bonds is 5. The van der Waals surface area contributed by atoms with Crippen molar-refractivity contribution in [1.29, 1.82) is 0 Å². The first-order valence-corrected chi connectivity index (χ1v) is 7.81. The van der Waals surface area contributed by atoms with E-state index in [0.717, 1.165) is 32.2 Å². The first kappa shape index (κ1) is 14.3. The molecule has 2 fully saturated rings. The fraction of sp³-hybridized carbons (Fsp3) is 1.00. The summed E-state index contributed by atoms with van der Waals surface area (Å²) in [5.74, 6) is 1.44. The van der Waals surface area contributed by atoms with Gasteiger partial charge in [-0.3, -0.25) is 4.90 Å². The Morgan fingerprint density at radius 1 is 1.28 bits per heavy atom. The van der Waals surface area contributed by atoms with Crippen LogP contribution in [0.4, 0.5) is 0 Å². The third kappa shape index (κ3) is 3.06. The lowest BCUT2D eigenvalue weighted by Gasteiger charge is -2.44. The van der Waals surface area contributed by atoms with Gasteiger partial charge < -0.3 is 10.5 Å². The number of nitrogens with two attached hydrogens (primary N) is 1. The molecule has 0 aromatic rings. The Labute approximate surface area is 112 Å². The van der Waals surface area contributed by atoms with E-state index in [9.17, 15) is 0 Å². The van der Waals surface area contributed by atoms with Gasteiger partial charge in [-0.2, -0.15) is 0 Å². The minimum Gasteiger partial charge on any atom is -0.381 e. The van der Waals surface area contributed by atoms with E-state index in [1.165, 1.54) is 32.1 Å². The van der Waals surface area contributed by atoms with Gasteiger partial charge in [0.1, 0.15) is 0 Å². The molecule has 106 valence electrons. The van der Waals surface area contributed by atoms with E-state index in [2.05, 4.69) is 18.7 Å². The Kier molecular flexibility index (Phi) is 5.46. The maximum atomic E-state index is 5.99. The molecule has 0 aromatic carbocycles. The quantitative estimate of drug-likeness (QED) is 0.818. The highest BCUT2D eigenvalue weighted by atomic mass is 16.5. The summed E-state index contributed by atoms with van der Waals surface area (Å²) in [4.78, 5) is 2.72. The first-order chi connectivity index (χ1) is 8.77. The van der Waals surface area contributed by atoms with Crippen LogP contribution >= 0.6 is 0 Å². The van der Waals surface area contributed by atoms with Gasteiger partial charge in [0.05, 0.1) is 6.61 Å². The molecule has 1 aliphatic heterocycles. The smallest absolute Gasteiger partial charge is 0.0509 e. The standard InChI is InChI=1S/C15H30N2O/c1-3-17(12(2)14-8-9-18-11-14)15-7-5-4-6-13(15)10-16/h12-15H,3-11,16H2,1-2H3. The predicted octanol–water partition coefficient (Wildman–Crippen LogP) is 2.25. The lowest BCUT2D eigenvalue weighted by Crippen LogP contribution is -2.51. The SMILES string of the molecule is CCN(C(C)C1CCOC1)C1CCCCC1CN. The van der Waals surface area contributed by atoms with Crippen LogP contribution in [0.5, 0.6) is 0 Å². The molecule has 3 heteroatoms. The first-order valence-electron chi connectivity index (χ1n) is 7.81. The average Bonchev–Trinajstić information content (AvgIpc) is 2.94. The molecule has 0 aromatic heterocycles. The van der Waals surface area contributed by atoms with Gasteiger partial charge >= 0.3 is 0 Å². The molecule has 0 amide bonds. The van der Waals surface area contributed by atoms with Crippen LogP contribution < -0.4 is 5.73 Å². The summed E-state index contributed by atoms with van der Waals surface area (Å²) in [5.41, 5.74) is 5.99. The molecule has 4 atom stereocenters. The van der Waals surface area contributed by atoms with E-state index < -0.39 is 0 Å². The Bertz CT molecular complexity index is 241. The van der Waals surface area contributed by atoms with Crippen molar-refractivity contribution in [3.8, 4) is 0 Å². The summed E-state index contributed by atoms with van der Waals surface area (Å²) in [6.07, 6.45) is 6.65. The Balaban J connectivity index is 2.00. The van der Waals surface area contributed by atoms with Crippen molar-refractivity contribution in [1.82, 2.24) is 4.90 Å². The molecule has 4 unspecified atom stereocenters. The zero-order valence-electron chi connectivity index (χ0n) is 12.1. The molecule has 1 heterocycles. The molecule has 0 radical (unpaired) electrons. The van der Waals surface area contributed by atoms with Crippen LogP contribution in [0.2, 0.25) is 0 Å². The number of hydrogen-bond donors (Lipinski definition) is 1. The van der Waals surface area contributed by atoms with Crippen LogP contribution in [-0.2, 0) is 4.74 Å². The molecule has 2 aliphatic rings. The van der Waals surface area contributed by atoms with Gasteiger partial charge in [-0.15, -0.1) is 0 Å². The summed E-state index contributed by atoms with van der Waals surface area (Å²) >= 11 is 0. The van der Waals surface area contributed by atoms with E-state index in [1.807, 2.05) is 0 Å². The lowest BCUT2D eigenvalue weighted by molar-refractivity contribution is 0.0472. The van der Waals surface area contributed by atoms with Crippen LogP contribution in [0.15, 0.2) is 0 Å². The van der Waals surface area contributed by atoms with Gasteiger partial charge in [0.25, 0.3) is 0 Å². The van der Waals surface area contributed by atoms with Crippen molar-refractivity contribution >= 4 is 0 Å². The van der Waals surface area contributed by atoms with Gasteiger partial charge in [-0.1, -0.05) is 19.8 Å². The van der Waals surface area contributed by atoms with E-state index in [4.69, 9.17) is 10.5 Å². The van der Waals surface area contributed by atoms with Crippen molar-refractivity contribution in [2.24, 2.45) is 17.6 Å². The van der Waals surface area contributed by atoms with Crippen molar-refractivity contribution in [3.05, 3.63) is 0 Å². The van der Waals surface area contributed by atoms with Crippen LogP contribution in [0.3, 0.4) is 0 Å². The largest absolute Gasteiger partial charge is 0.381 e. The second-order valence-corrected chi connectivity index (χ2v) is 6.04. The van der Waals surface area contributed by atoms with Crippen molar-refractivity contribution in [2.45, 2.75) is 58.0 Å². The molecule has 18 heavy (non-hydrogen) atoms. The molecule has 0 spiro atoms. The van der Waals surface area contributed by atoms with Gasteiger partial charge in [-0.25, -0.2) is 0 Å². The monoisotopic (exact) mass is 254 g/mol. The summed E-state index contributed by atoms with van der Waals surface area (Å²) in [6.45, 7) is 8.61. The second-order valence-electron chi connectivity index (χ2n) is 6.04. The zero-order chi connectivity index (χ0) is 13.0. The molecule has 3 nitrogen and oxygen atoms in total. The summed E-state index contributed by atoms with van der Waals surface area (Å²) < 4.78 is 5.56.